The highest BCUT2D eigenvalue weighted by molar-refractivity contribution is 5.96. The number of nitrogens with one attached hydrogen (secondary N) is 1. The van der Waals surface area contributed by atoms with Crippen LogP contribution in [-0.2, 0) is 0 Å². The van der Waals surface area contributed by atoms with Crippen LogP contribution >= 0.6 is 0 Å². The van der Waals surface area contributed by atoms with Crippen LogP contribution in [0.5, 0.6) is 0 Å². The number of H-pyrrole nitrogens is 1. The summed E-state index contributed by atoms with van der Waals surface area (Å²) in [7, 11) is 0. The number of rotatable bonds is 2. The van der Waals surface area contributed by atoms with Gasteiger partial charge in [-0.25, -0.2) is 0 Å². The summed E-state index contributed by atoms with van der Waals surface area (Å²) in [5.74, 6) is -0.336. The van der Waals surface area contributed by atoms with Crippen molar-refractivity contribution in [3.05, 3.63) is 78.0 Å². The van der Waals surface area contributed by atoms with Crippen molar-refractivity contribution in [2.75, 3.05) is 5.73 Å². The van der Waals surface area contributed by atoms with E-state index >= 15 is 0 Å². The number of fused-ring (bicyclic) bond motifs is 2. The van der Waals surface area contributed by atoms with E-state index < -0.39 is 0 Å². The summed E-state index contributed by atoms with van der Waals surface area (Å²) in [5, 5.41) is 13.0. The zero-order chi connectivity index (χ0) is 15.8. The average Bonchev–Trinajstić information content (AvgIpc) is 3.02. The first kappa shape index (κ1) is 13.4. The van der Waals surface area contributed by atoms with Crippen LogP contribution in [0.15, 0.2) is 66.9 Å². The van der Waals surface area contributed by atoms with E-state index in [2.05, 4.69) is 11.1 Å². The van der Waals surface area contributed by atoms with Gasteiger partial charge in [-0.2, -0.15) is 5.26 Å². The SMILES string of the molecule is N#CC(c1c[nH]c2ccccc12)c1ccc(N)c2ccccc12. The molecule has 0 aliphatic carbocycles. The van der Waals surface area contributed by atoms with Crippen LogP contribution in [0.25, 0.3) is 21.7 Å². The van der Waals surface area contributed by atoms with Crippen LogP contribution < -0.4 is 5.73 Å². The summed E-state index contributed by atoms with van der Waals surface area (Å²) < 4.78 is 0. The van der Waals surface area contributed by atoms with Crippen molar-refractivity contribution in [1.82, 2.24) is 4.98 Å². The minimum atomic E-state index is -0.336. The standard InChI is InChI=1S/C20H15N3/c21-11-17(18-12-23-20-8-4-3-7-16(18)20)14-9-10-19(22)15-6-2-1-5-13(14)15/h1-10,12,17,23H,22H2. The average molecular weight is 297 g/mol. The van der Waals surface area contributed by atoms with Gasteiger partial charge in [-0.05, 0) is 28.6 Å². The Morgan fingerprint density at radius 2 is 1.52 bits per heavy atom. The minimum Gasteiger partial charge on any atom is -0.398 e. The normalized spacial score (nSPS) is 12.3. The highest BCUT2D eigenvalue weighted by Crippen LogP contribution is 2.35. The molecule has 0 amide bonds. The van der Waals surface area contributed by atoms with Crippen LogP contribution in [0.2, 0.25) is 0 Å². The van der Waals surface area contributed by atoms with Crippen molar-refractivity contribution in [3.8, 4) is 6.07 Å². The fraction of sp³-hybridized carbons (Fsp3) is 0.0500. The number of nitriles is 1. The van der Waals surface area contributed by atoms with E-state index in [1.807, 2.05) is 66.9 Å². The molecule has 4 aromatic rings. The number of anilines is 1. The second kappa shape index (κ2) is 5.19. The molecule has 1 unspecified atom stereocenters. The Labute approximate surface area is 134 Å². The highest BCUT2D eigenvalue weighted by atomic mass is 14.7. The molecule has 4 rings (SSSR count). The summed E-state index contributed by atoms with van der Waals surface area (Å²) in [4.78, 5) is 3.26. The van der Waals surface area contributed by atoms with Gasteiger partial charge in [0.1, 0.15) is 0 Å². The van der Waals surface area contributed by atoms with Gasteiger partial charge in [-0.3, -0.25) is 0 Å². The number of aromatic amines is 1. The van der Waals surface area contributed by atoms with E-state index in [9.17, 15) is 5.26 Å². The molecule has 3 heteroatoms. The first-order valence-electron chi connectivity index (χ1n) is 7.52. The van der Waals surface area contributed by atoms with Gasteiger partial charge < -0.3 is 10.7 Å². The van der Waals surface area contributed by atoms with Crippen molar-refractivity contribution in [3.63, 3.8) is 0 Å². The third-order valence-electron chi connectivity index (χ3n) is 4.36. The van der Waals surface area contributed by atoms with Crippen molar-refractivity contribution in [2.45, 2.75) is 5.92 Å². The molecule has 0 fully saturated rings. The van der Waals surface area contributed by atoms with Crippen molar-refractivity contribution < 1.29 is 0 Å². The first-order chi connectivity index (χ1) is 11.3. The number of para-hydroxylation sites is 1. The van der Waals surface area contributed by atoms with Crippen molar-refractivity contribution >= 4 is 27.4 Å². The molecule has 0 spiro atoms. The molecular weight excluding hydrogens is 282 g/mol. The molecule has 0 saturated carbocycles. The van der Waals surface area contributed by atoms with Crippen molar-refractivity contribution in [2.24, 2.45) is 0 Å². The van der Waals surface area contributed by atoms with Crippen molar-refractivity contribution in [1.29, 1.82) is 5.26 Å². The predicted octanol–water partition coefficient (Wildman–Crippen LogP) is 4.56. The Morgan fingerprint density at radius 3 is 2.30 bits per heavy atom. The zero-order valence-electron chi connectivity index (χ0n) is 12.5. The van der Waals surface area contributed by atoms with Gasteiger partial charge in [0.2, 0.25) is 0 Å². The van der Waals surface area contributed by atoms with Crippen LogP contribution in [0, 0.1) is 11.3 Å². The summed E-state index contributed by atoms with van der Waals surface area (Å²) in [6, 6.07) is 22.3. The second-order valence-electron chi connectivity index (χ2n) is 5.64. The van der Waals surface area contributed by atoms with Gasteiger partial charge in [-0.1, -0.05) is 48.5 Å². The van der Waals surface area contributed by atoms with Crippen LogP contribution in [-0.4, -0.2) is 4.98 Å². The van der Waals surface area contributed by atoms with E-state index in [0.29, 0.717) is 0 Å². The lowest BCUT2D eigenvalue weighted by Crippen LogP contribution is -2.00. The van der Waals surface area contributed by atoms with Gasteiger partial charge in [0.05, 0.1) is 12.0 Å². The number of nitrogen functional groups attached to an aromatic ring is 1. The van der Waals surface area contributed by atoms with Crippen LogP contribution in [0.3, 0.4) is 0 Å². The zero-order valence-corrected chi connectivity index (χ0v) is 12.5. The molecular formula is C20H15N3. The predicted molar refractivity (Wildman–Crippen MR) is 94.1 cm³/mol. The Balaban J connectivity index is 1.99. The molecule has 0 bridgehead atoms. The summed E-state index contributed by atoms with van der Waals surface area (Å²) in [5.41, 5.74) is 9.85. The summed E-state index contributed by atoms with van der Waals surface area (Å²) in [6.45, 7) is 0. The molecule has 0 aliphatic rings. The maximum Gasteiger partial charge on any atom is 0.0989 e. The van der Waals surface area contributed by atoms with E-state index in [0.717, 1.165) is 38.5 Å². The number of hydrogen-bond acceptors (Lipinski definition) is 2. The maximum atomic E-state index is 9.84. The molecule has 3 N–H and O–H groups in total. The Hall–Kier alpha value is -3.25. The maximum absolute atomic E-state index is 9.84. The number of nitrogens with two attached hydrogens (primary N) is 1. The molecule has 1 aromatic heterocycles. The second-order valence-corrected chi connectivity index (χ2v) is 5.64. The Kier molecular flexibility index (Phi) is 3.03. The largest absolute Gasteiger partial charge is 0.398 e. The third kappa shape index (κ3) is 2.04. The quantitative estimate of drug-likeness (QED) is 0.533. The fourth-order valence-electron chi connectivity index (χ4n) is 3.24. The minimum absolute atomic E-state index is 0.336. The number of hydrogen-bond donors (Lipinski definition) is 2. The summed E-state index contributed by atoms with van der Waals surface area (Å²) in [6.07, 6.45) is 1.93. The smallest absolute Gasteiger partial charge is 0.0989 e. The molecule has 0 saturated heterocycles. The van der Waals surface area contributed by atoms with Crippen LogP contribution in [0.4, 0.5) is 5.69 Å². The lowest BCUT2D eigenvalue weighted by Gasteiger charge is -2.13. The highest BCUT2D eigenvalue weighted by Gasteiger charge is 2.20. The molecule has 3 nitrogen and oxygen atoms in total. The van der Waals surface area contributed by atoms with E-state index in [4.69, 9.17) is 5.73 Å². The van der Waals surface area contributed by atoms with Gasteiger partial charge in [0, 0.05) is 28.2 Å². The topological polar surface area (TPSA) is 65.6 Å². The van der Waals surface area contributed by atoms with Crippen LogP contribution in [0.1, 0.15) is 17.0 Å². The number of aromatic nitrogens is 1. The fourth-order valence-corrected chi connectivity index (χ4v) is 3.24. The lowest BCUT2D eigenvalue weighted by atomic mass is 9.88. The molecule has 1 heterocycles. The van der Waals surface area contributed by atoms with Gasteiger partial charge in [-0.15, -0.1) is 0 Å². The molecule has 1 atom stereocenters. The van der Waals surface area contributed by atoms with Gasteiger partial charge >= 0.3 is 0 Å². The first-order valence-corrected chi connectivity index (χ1v) is 7.52. The molecule has 0 radical (unpaired) electrons. The molecule has 3 aromatic carbocycles. The third-order valence-corrected chi connectivity index (χ3v) is 4.36. The number of nitrogens with zero attached hydrogens (tertiary/aromatic N) is 1. The number of benzene rings is 3. The molecule has 110 valence electrons. The van der Waals surface area contributed by atoms with Gasteiger partial charge in [0.25, 0.3) is 0 Å². The van der Waals surface area contributed by atoms with E-state index in [-0.39, 0.29) is 5.92 Å². The Bertz CT molecular complexity index is 1050. The summed E-state index contributed by atoms with van der Waals surface area (Å²) >= 11 is 0. The monoisotopic (exact) mass is 297 g/mol. The van der Waals surface area contributed by atoms with E-state index in [1.165, 1.54) is 0 Å². The molecule has 23 heavy (non-hydrogen) atoms. The Morgan fingerprint density at radius 1 is 0.826 bits per heavy atom. The lowest BCUT2D eigenvalue weighted by molar-refractivity contribution is 1.06. The molecule has 0 aliphatic heterocycles. The van der Waals surface area contributed by atoms with E-state index in [1.54, 1.807) is 0 Å². The van der Waals surface area contributed by atoms with Gasteiger partial charge in [0.15, 0.2) is 0 Å².